The number of aromatic nitrogens is 1. The fourth-order valence-corrected chi connectivity index (χ4v) is 3.07. The summed E-state index contributed by atoms with van der Waals surface area (Å²) in [6.07, 6.45) is 4.82. The number of pyridine rings is 1. The van der Waals surface area contributed by atoms with Gasteiger partial charge in [0, 0.05) is 50.0 Å². The molecule has 0 amide bonds. The third kappa shape index (κ3) is 3.49. The van der Waals surface area contributed by atoms with Crippen molar-refractivity contribution in [1.29, 1.82) is 0 Å². The largest absolute Gasteiger partial charge is 0.403 e. The predicted octanol–water partition coefficient (Wildman–Crippen LogP) is 1.66. The molecule has 4 N–H and O–H groups in total. The zero-order chi connectivity index (χ0) is 16.9. The minimum atomic E-state index is 0.323. The molecule has 3 rings (SSSR count). The molecule has 1 aliphatic heterocycles. The number of hydrogen-bond donors (Lipinski definition) is 2. The molecule has 0 spiro atoms. The number of piperazine rings is 1. The van der Waals surface area contributed by atoms with Crippen LogP contribution in [-0.4, -0.2) is 47.3 Å². The highest BCUT2D eigenvalue weighted by Crippen LogP contribution is 2.27. The van der Waals surface area contributed by atoms with Crippen LogP contribution in [0.25, 0.3) is 10.9 Å². The molecule has 1 atom stereocenters. The molecule has 2 heterocycles. The predicted molar refractivity (Wildman–Crippen MR) is 98.3 cm³/mol. The molecule has 1 saturated heterocycles. The number of hydrogen-bond acceptors (Lipinski definition) is 6. The van der Waals surface area contributed by atoms with Gasteiger partial charge in [0.25, 0.3) is 0 Å². The number of allylic oxidation sites excluding steroid dienone is 1. The minimum absolute atomic E-state index is 0.323. The molecule has 126 valence electrons. The van der Waals surface area contributed by atoms with Crippen LogP contribution in [0.15, 0.2) is 53.5 Å². The van der Waals surface area contributed by atoms with Crippen LogP contribution in [-0.2, 0) is 0 Å². The first kappa shape index (κ1) is 16.3. The topological polar surface area (TPSA) is 83.8 Å². The van der Waals surface area contributed by atoms with Crippen LogP contribution in [0, 0.1) is 0 Å². The summed E-state index contributed by atoms with van der Waals surface area (Å²) in [5.41, 5.74) is 13.8. The summed E-state index contributed by atoms with van der Waals surface area (Å²) in [5, 5.41) is 7.58. The van der Waals surface area contributed by atoms with Crippen LogP contribution >= 0.6 is 0 Å². The van der Waals surface area contributed by atoms with Gasteiger partial charge in [0.2, 0.25) is 0 Å². The summed E-state index contributed by atoms with van der Waals surface area (Å²) in [4.78, 5) is 7.05. The van der Waals surface area contributed by atoms with Gasteiger partial charge in [-0.2, -0.15) is 5.10 Å². The van der Waals surface area contributed by atoms with Gasteiger partial charge < -0.3 is 11.5 Å². The first-order valence-electron chi connectivity index (χ1n) is 8.23. The van der Waals surface area contributed by atoms with Crippen molar-refractivity contribution in [1.82, 2.24) is 14.9 Å². The summed E-state index contributed by atoms with van der Waals surface area (Å²) < 4.78 is 0. The maximum absolute atomic E-state index is 5.64. The summed E-state index contributed by atoms with van der Waals surface area (Å²) in [5.74, 6) is 0. The van der Waals surface area contributed by atoms with Gasteiger partial charge in [0.1, 0.15) is 0 Å². The monoisotopic (exact) mass is 324 g/mol. The Morgan fingerprint density at radius 1 is 1.21 bits per heavy atom. The van der Waals surface area contributed by atoms with Crippen LogP contribution in [0.5, 0.6) is 0 Å². The molecule has 6 nitrogen and oxygen atoms in total. The van der Waals surface area contributed by atoms with Crippen molar-refractivity contribution in [3.05, 3.63) is 54.0 Å². The van der Waals surface area contributed by atoms with E-state index in [9.17, 15) is 0 Å². The molecular weight excluding hydrogens is 300 g/mol. The Morgan fingerprint density at radius 2 is 1.96 bits per heavy atom. The first-order valence-corrected chi connectivity index (χ1v) is 8.23. The molecular formula is C18H24N6. The average Bonchev–Trinajstić information content (AvgIpc) is 2.65. The summed E-state index contributed by atoms with van der Waals surface area (Å²) >= 11 is 0. The molecule has 1 aromatic heterocycles. The van der Waals surface area contributed by atoms with E-state index in [1.165, 1.54) is 17.1 Å². The second-order valence-electron chi connectivity index (χ2n) is 6.00. The second-order valence-corrected chi connectivity index (χ2v) is 6.00. The third-order valence-electron chi connectivity index (χ3n) is 4.51. The van der Waals surface area contributed by atoms with Gasteiger partial charge in [-0.25, -0.2) is 0 Å². The number of benzene rings is 1. The van der Waals surface area contributed by atoms with Crippen LogP contribution in [0.4, 0.5) is 0 Å². The smallest absolute Gasteiger partial charge is 0.0749 e. The summed E-state index contributed by atoms with van der Waals surface area (Å²) in [6, 6.07) is 10.8. The standard InChI is InChI=1S/C18H24N6/c1-14(17-6-2-4-15-5-3-7-21-18(15)17)23-8-10-24(11-9-23)22-13-16(20)12-19/h2-7,12-14H,8-11,19-20H2,1H3. The number of nitrogens with zero attached hydrogens (tertiary/aromatic N) is 4. The molecule has 1 unspecified atom stereocenters. The van der Waals surface area contributed by atoms with Crippen LogP contribution in [0.2, 0.25) is 0 Å². The van der Waals surface area contributed by atoms with E-state index in [2.05, 4.69) is 46.2 Å². The number of para-hydroxylation sites is 1. The van der Waals surface area contributed by atoms with Crippen molar-refractivity contribution >= 4 is 17.1 Å². The second kappa shape index (κ2) is 7.31. The Bertz CT molecular complexity index is 741. The Balaban J connectivity index is 1.69. The number of fused-ring (bicyclic) bond motifs is 1. The van der Waals surface area contributed by atoms with Gasteiger partial charge >= 0.3 is 0 Å². The van der Waals surface area contributed by atoms with E-state index >= 15 is 0 Å². The summed E-state index contributed by atoms with van der Waals surface area (Å²) in [6.45, 7) is 5.90. The number of rotatable bonds is 4. The van der Waals surface area contributed by atoms with Crippen LogP contribution < -0.4 is 11.5 Å². The highest BCUT2D eigenvalue weighted by molar-refractivity contribution is 5.82. The maximum Gasteiger partial charge on any atom is 0.0749 e. The Hall–Kier alpha value is -2.60. The van der Waals surface area contributed by atoms with Gasteiger partial charge in [-0.15, -0.1) is 0 Å². The third-order valence-corrected chi connectivity index (χ3v) is 4.51. The minimum Gasteiger partial charge on any atom is -0.403 e. The lowest BCUT2D eigenvalue weighted by Gasteiger charge is -2.37. The lowest BCUT2D eigenvalue weighted by atomic mass is 10.0. The molecule has 0 radical (unpaired) electrons. The molecule has 0 aliphatic carbocycles. The van der Waals surface area contributed by atoms with Gasteiger partial charge in [0.15, 0.2) is 0 Å². The van der Waals surface area contributed by atoms with Crippen molar-refractivity contribution in [3.8, 4) is 0 Å². The number of hydrazone groups is 1. The fraction of sp³-hybridized carbons (Fsp3) is 0.333. The first-order chi connectivity index (χ1) is 11.7. The quantitative estimate of drug-likeness (QED) is 0.836. The van der Waals surface area contributed by atoms with Gasteiger partial charge in [0.05, 0.1) is 17.4 Å². The van der Waals surface area contributed by atoms with Crippen molar-refractivity contribution in [2.75, 3.05) is 26.2 Å². The van der Waals surface area contributed by atoms with Crippen LogP contribution in [0.1, 0.15) is 18.5 Å². The van der Waals surface area contributed by atoms with E-state index in [4.69, 9.17) is 11.5 Å². The highest BCUT2D eigenvalue weighted by Gasteiger charge is 2.22. The van der Waals surface area contributed by atoms with Gasteiger partial charge in [-0.1, -0.05) is 24.3 Å². The molecule has 1 aliphatic rings. The molecule has 24 heavy (non-hydrogen) atoms. The molecule has 1 fully saturated rings. The van der Waals surface area contributed by atoms with Gasteiger partial charge in [-0.05, 0) is 18.6 Å². The SMILES string of the molecule is CC(c1cccc2cccnc12)N1CCN(N=CC(N)=CN)CC1. The van der Waals surface area contributed by atoms with E-state index in [0.717, 1.165) is 31.7 Å². The molecule has 0 bridgehead atoms. The van der Waals surface area contributed by atoms with E-state index in [0.29, 0.717) is 11.7 Å². The average molecular weight is 324 g/mol. The molecule has 6 heteroatoms. The van der Waals surface area contributed by atoms with Crippen molar-refractivity contribution in [2.45, 2.75) is 13.0 Å². The Labute approximate surface area is 142 Å². The van der Waals surface area contributed by atoms with E-state index in [-0.39, 0.29) is 0 Å². The van der Waals surface area contributed by atoms with E-state index < -0.39 is 0 Å². The van der Waals surface area contributed by atoms with Crippen molar-refractivity contribution in [3.63, 3.8) is 0 Å². The highest BCUT2D eigenvalue weighted by atomic mass is 15.5. The molecule has 2 aromatic rings. The Kier molecular flexibility index (Phi) is 4.96. The van der Waals surface area contributed by atoms with E-state index in [1.807, 2.05) is 17.3 Å². The summed E-state index contributed by atoms with van der Waals surface area (Å²) in [7, 11) is 0. The molecule has 0 saturated carbocycles. The van der Waals surface area contributed by atoms with Crippen molar-refractivity contribution < 1.29 is 0 Å². The normalized spacial score (nSPS) is 18.4. The zero-order valence-corrected chi connectivity index (χ0v) is 14.0. The van der Waals surface area contributed by atoms with Gasteiger partial charge in [-0.3, -0.25) is 14.9 Å². The lowest BCUT2D eigenvalue weighted by Crippen LogP contribution is -2.45. The van der Waals surface area contributed by atoms with Crippen molar-refractivity contribution in [2.24, 2.45) is 16.6 Å². The Morgan fingerprint density at radius 3 is 2.71 bits per heavy atom. The van der Waals surface area contributed by atoms with E-state index in [1.54, 1.807) is 6.21 Å². The zero-order valence-electron chi connectivity index (χ0n) is 14.0. The maximum atomic E-state index is 5.64. The lowest BCUT2D eigenvalue weighted by molar-refractivity contribution is 0.106. The molecule has 1 aromatic carbocycles. The number of nitrogens with two attached hydrogens (primary N) is 2. The fourth-order valence-electron chi connectivity index (χ4n) is 3.07. The van der Waals surface area contributed by atoms with Crippen LogP contribution in [0.3, 0.4) is 0 Å².